The highest BCUT2D eigenvalue weighted by Gasteiger charge is 2.14. The molecule has 0 bridgehead atoms. The minimum Gasteiger partial charge on any atom is -0.496 e. The smallest absolute Gasteiger partial charge is 0.276 e. The number of amides is 2. The minimum absolute atomic E-state index is 0.243. The number of nitrogens with one attached hydrogen (secondary N) is 2. The van der Waals surface area contributed by atoms with Crippen LogP contribution in [0.15, 0.2) is 72.8 Å². The van der Waals surface area contributed by atoms with Crippen molar-refractivity contribution >= 4 is 23.4 Å². The average Bonchev–Trinajstić information content (AvgIpc) is 2.76. The fourth-order valence-electron chi connectivity index (χ4n) is 2.67. The first-order valence-electron chi connectivity index (χ1n) is 8.78. The van der Waals surface area contributed by atoms with Crippen LogP contribution in [-0.4, -0.2) is 25.5 Å². The molecule has 7 heteroatoms. The van der Waals surface area contributed by atoms with Crippen LogP contribution in [-0.2, 0) is 4.79 Å². The van der Waals surface area contributed by atoms with Crippen molar-refractivity contribution in [1.82, 2.24) is 10.9 Å². The van der Waals surface area contributed by atoms with E-state index in [0.29, 0.717) is 16.5 Å². The highest BCUT2D eigenvalue weighted by Crippen LogP contribution is 2.29. The maximum absolute atomic E-state index is 12.3. The third-order valence-corrected chi connectivity index (χ3v) is 4.29. The molecule has 2 N–H and O–H groups in total. The molecular weight excluding hydrogens is 392 g/mol. The molecule has 3 aromatic carbocycles. The fourth-order valence-corrected chi connectivity index (χ4v) is 2.84. The molecule has 0 spiro atoms. The van der Waals surface area contributed by atoms with Crippen molar-refractivity contribution < 1.29 is 19.1 Å². The Morgan fingerprint density at radius 1 is 0.897 bits per heavy atom. The molecule has 2 amide bonds. The summed E-state index contributed by atoms with van der Waals surface area (Å²) < 4.78 is 10.8. The Labute approximate surface area is 173 Å². The van der Waals surface area contributed by atoms with Gasteiger partial charge in [-0.3, -0.25) is 20.4 Å². The van der Waals surface area contributed by atoms with Crippen LogP contribution in [0, 0.1) is 0 Å². The summed E-state index contributed by atoms with van der Waals surface area (Å²) in [5.41, 5.74) is 6.75. The zero-order chi connectivity index (χ0) is 20.6. The molecule has 0 saturated carbocycles. The van der Waals surface area contributed by atoms with Crippen molar-refractivity contribution in [2.24, 2.45) is 0 Å². The highest BCUT2D eigenvalue weighted by molar-refractivity contribution is 6.30. The van der Waals surface area contributed by atoms with Crippen LogP contribution in [0.3, 0.4) is 0 Å². The largest absolute Gasteiger partial charge is 0.496 e. The summed E-state index contributed by atoms with van der Waals surface area (Å²) in [5, 5.41) is 0.438. The van der Waals surface area contributed by atoms with Crippen molar-refractivity contribution in [3.05, 3.63) is 83.4 Å². The third-order valence-electron chi connectivity index (χ3n) is 4.05. The first-order chi connectivity index (χ1) is 14.1. The second kappa shape index (κ2) is 9.61. The van der Waals surface area contributed by atoms with Crippen LogP contribution in [0.1, 0.15) is 10.4 Å². The summed E-state index contributed by atoms with van der Waals surface area (Å²) in [6.45, 7) is -0.262. The molecule has 0 saturated heterocycles. The number of carbonyl (C=O) groups excluding carboxylic acids is 2. The Bertz CT molecular complexity index is 1010. The first kappa shape index (κ1) is 20.2. The first-order valence-corrected chi connectivity index (χ1v) is 9.16. The monoisotopic (exact) mass is 410 g/mol. The van der Waals surface area contributed by atoms with Crippen molar-refractivity contribution in [3.63, 3.8) is 0 Å². The molecule has 6 nitrogen and oxygen atoms in total. The van der Waals surface area contributed by atoms with Gasteiger partial charge in [0.15, 0.2) is 6.61 Å². The van der Waals surface area contributed by atoms with Gasteiger partial charge in [-0.2, -0.15) is 0 Å². The van der Waals surface area contributed by atoms with Crippen molar-refractivity contribution in [3.8, 4) is 22.6 Å². The Balaban J connectivity index is 1.58. The normalized spacial score (nSPS) is 10.1. The number of ether oxygens (including phenoxy) is 2. The molecule has 3 aromatic rings. The summed E-state index contributed by atoms with van der Waals surface area (Å²) in [6.07, 6.45) is 0. The van der Waals surface area contributed by atoms with Crippen molar-refractivity contribution in [2.45, 2.75) is 0 Å². The van der Waals surface area contributed by atoms with Gasteiger partial charge >= 0.3 is 0 Å². The summed E-state index contributed by atoms with van der Waals surface area (Å²) in [7, 11) is 1.43. The summed E-state index contributed by atoms with van der Waals surface area (Å²) in [6, 6.07) is 21.7. The maximum atomic E-state index is 12.3. The quantitative estimate of drug-likeness (QED) is 0.605. The average molecular weight is 411 g/mol. The van der Waals surface area contributed by atoms with E-state index in [-0.39, 0.29) is 12.2 Å². The predicted molar refractivity (Wildman–Crippen MR) is 111 cm³/mol. The second-order valence-electron chi connectivity index (χ2n) is 6.00. The number of hydrazine groups is 1. The Kier molecular flexibility index (Phi) is 6.71. The zero-order valence-corrected chi connectivity index (χ0v) is 16.4. The van der Waals surface area contributed by atoms with Gasteiger partial charge in [0, 0.05) is 10.6 Å². The van der Waals surface area contributed by atoms with E-state index in [2.05, 4.69) is 10.9 Å². The minimum atomic E-state index is -0.531. The standard InChI is InChI=1S/C22H19ClN2O4/c1-28-20-13-16(23)11-12-18(20)22(27)25-24-21(26)14-29-19-10-6-5-9-17(19)15-7-3-2-4-8-15/h2-13H,14H2,1H3,(H,24,26)(H,25,27). The second-order valence-corrected chi connectivity index (χ2v) is 6.43. The van der Waals surface area contributed by atoms with Crippen LogP contribution in [0.2, 0.25) is 5.02 Å². The number of hydrogen-bond acceptors (Lipinski definition) is 4. The van der Waals surface area contributed by atoms with Gasteiger partial charge in [-0.15, -0.1) is 0 Å². The molecule has 0 atom stereocenters. The van der Waals surface area contributed by atoms with Crippen LogP contribution in [0.5, 0.6) is 11.5 Å². The lowest BCUT2D eigenvalue weighted by atomic mass is 10.1. The predicted octanol–water partition coefficient (Wildman–Crippen LogP) is 3.86. The zero-order valence-electron chi connectivity index (χ0n) is 15.6. The molecule has 148 valence electrons. The summed E-state index contributed by atoms with van der Waals surface area (Å²) in [5.74, 6) is -0.164. The molecule has 0 radical (unpaired) electrons. The number of benzene rings is 3. The van der Waals surface area contributed by atoms with Gasteiger partial charge < -0.3 is 9.47 Å². The molecule has 0 aliphatic rings. The molecule has 0 aliphatic heterocycles. The number of hydrogen-bond donors (Lipinski definition) is 2. The fraction of sp³-hybridized carbons (Fsp3) is 0.0909. The number of methoxy groups -OCH3 is 1. The molecule has 0 heterocycles. The van der Waals surface area contributed by atoms with E-state index in [1.165, 1.54) is 19.2 Å². The molecule has 29 heavy (non-hydrogen) atoms. The lowest BCUT2D eigenvalue weighted by Gasteiger charge is -2.13. The lowest BCUT2D eigenvalue weighted by Crippen LogP contribution is -2.43. The molecule has 0 unspecified atom stereocenters. The van der Waals surface area contributed by atoms with Crippen molar-refractivity contribution in [1.29, 1.82) is 0 Å². The van der Waals surface area contributed by atoms with Crippen LogP contribution in [0.4, 0.5) is 0 Å². The van der Waals surface area contributed by atoms with Crippen LogP contribution < -0.4 is 20.3 Å². The molecule has 3 rings (SSSR count). The lowest BCUT2D eigenvalue weighted by molar-refractivity contribution is -0.123. The number of halogens is 1. The van der Waals surface area contributed by atoms with Crippen LogP contribution in [0.25, 0.3) is 11.1 Å². The van der Waals surface area contributed by atoms with E-state index >= 15 is 0 Å². The molecule has 0 aliphatic carbocycles. The van der Waals surface area contributed by atoms with Crippen LogP contribution >= 0.6 is 11.6 Å². The Morgan fingerprint density at radius 3 is 2.38 bits per heavy atom. The van der Waals surface area contributed by atoms with E-state index in [1.807, 2.05) is 48.5 Å². The molecule has 0 aromatic heterocycles. The van der Waals surface area contributed by atoms with Gasteiger partial charge in [-0.1, -0.05) is 60.1 Å². The number of carbonyl (C=O) groups is 2. The van der Waals surface area contributed by atoms with E-state index in [1.54, 1.807) is 12.1 Å². The topological polar surface area (TPSA) is 76.7 Å². The maximum Gasteiger partial charge on any atom is 0.276 e. The SMILES string of the molecule is COc1cc(Cl)ccc1C(=O)NNC(=O)COc1ccccc1-c1ccccc1. The van der Waals surface area contributed by atoms with E-state index in [9.17, 15) is 9.59 Å². The Hall–Kier alpha value is -3.51. The number of para-hydroxylation sites is 1. The van der Waals surface area contributed by atoms with E-state index < -0.39 is 11.8 Å². The number of rotatable bonds is 6. The summed E-state index contributed by atoms with van der Waals surface area (Å²) >= 11 is 5.89. The van der Waals surface area contributed by atoms with Gasteiger partial charge in [0.25, 0.3) is 11.8 Å². The van der Waals surface area contributed by atoms with E-state index in [0.717, 1.165) is 11.1 Å². The van der Waals surface area contributed by atoms with Gasteiger partial charge in [-0.25, -0.2) is 0 Å². The molecule has 0 fully saturated rings. The van der Waals surface area contributed by atoms with E-state index in [4.69, 9.17) is 21.1 Å². The Morgan fingerprint density at radius 2 is 1.62 bits per heavy atom. The van der Waals surface area contributed by atoms with Gasteiger partial charge in [-0.05, 0) is 29.8 Å². The third kappa shape index (κ3) is 5.27. The highest BCUT2D eigenvalue weighted by atomic mass is 35.5. The summed E-state index contributed by atoms with van der Waals surface area (Å²) in [4.78, 5) is 24.4. The van der Waals surface area contributed by atoms with Gasteiger partial charge in [0.2, 0.25) is 0 Å². The van der Waals surface area contributed by atoms with Gasteiger partial charge in [0.05, 0.1) is 12.7 Å². The van der Waals surface area contributed by atoms with Gasteiger partial charge in [0.1, 0.15) is 11.5 Å². The molecular formula is C22H19ClN2O4. The van der Waals surface area contributed by atoms with Crippen molar-refractivity contribution in [2.75, 3.05) is 13.7 Å².